The van der Waals surface area contributed by atoms with Crippen molar-refractivity contribution in [3.05, 3.63) is 24.3 Å². The van der Waals surface area contributed by atoms with Crippen molar-refractivity contribution in [3.8, 4) is 0 Å². The summed E-state index contributed by atoms with van der Waals surface area (Å²) < 4.78 is 0. The van der Waals surface area contributed by atoms with E-state index in [2.05, 4.69) is 5.32 Å². The topological polar surface area (TPSA) is 55.1 Å². The molecule has 1 saturated carbocycles. The van der Waals surface area contributed by atoms with Crippen LogP contribution in [-0.2, 0) is 4.79 Å². The predicted octanol–water partition coefficient (Wildman–Crippen LogP) is 3.57. The molecule has 2 rings (SSSR count). The Kier molecular flexibility index (Phi) is 4.62. The lowest BCUT2D eigenvalue weighted by Crippen LogP contribution is -2.14. The fourth-order valence-electron chi connectivity index (χ4n) is 2.65. The summed E-state index contributed by atoms with van der Waals surface area (Å²) in [6.07, 6.45) is 8.28. The molecule has 1 aliphatic rings. The van der Waals surface area contributed by atoms with Crippen molar-refractivity contribution >= 4 is 17.3 Å². The Bertz CT molecular complexity index is 397. The normalized spacial score (nSPS) is 16.4. The summed E-state index contributed by atoms with van der Waals surface area (Å²) >= 11 is 0. The molecular formula is C15H22N2O. The summed E-state index contributed by atoms with van der Waals surface area (Å²) in [6, 6.07) is 7.33. The van der Waals surface area contributed by atoms with Gasteiger partial charge in [0.25, 0.3) is 0 Å². The number of amides is 1. The smallest absolute Gasteiger partial charge is 0.224 e. The molecule has 1 aliphatic carbocycles. The molecule has 3 heteroatoms. The van der Waals surface area contributed by atoms with Gasteiger partial charge in [-0.2, -0.15) is 0 Å². The lowest BCUT2D eigenvalue weighted by atomic mass is 9.86. The van der Waals surface area contributed by atoms with Crippen LogP contribution in [0.25, 0.3) is 0 Å². The Hall–Kier alpha value is -1.51. The number of carbonyl (C=O) groups excluding carboxylic acids is 1. The number of nitrogens with two attached hydrogens (primary N) is 1. The van der Waals surface area contributed by atoms with Crippen LogP contribution in [0.3, 0.4) is 0 Å². The molecule has 0 radical (unpaired) electrons. The maximum Gasteiger partial charge on any atom is 0.224 e. The van der Waals surface area contributed by atoms with Crippen LogP contribution < -0.4 is 11.1 Å². The van der Waals surface area contributed by atoms with Crippen LogP contribution in [-0.4, -0.2) is 5.91 Å². The minimum Gasteiger partial charge on any atom is -0.399 e. The maximum absolute atomic E-state index is 11.8. The van der Waals surface area contributed by atoms with Crippen LogP contribution in [0.15, 0.2) is 24.3 Å². The Morgan fingerprint density at radius 3 is 2.78 bits per heavy atom. The lowest BCUT2D eigenvalue weighted by molar-refractivity contribution is -0.116. The number of benzene rings is 1. The van der Waals surface area contributed by atoms with Gasteiger partial charge in [0.05, 0.1) is 0 Å². The van der Waals surface area contributed by atoms with Crippen molar-refractivity contribution < 1.29 is 4.79 Å². The van der Waals surface area contributed by atoms with Crippen LogP contribution in [0.2, 0.25) is 0 Å². The number of rotatable bonds is 4. The highest BCUT2D eigenvalue weighted by Gasteiger charge is 2.14. The first kappa shape index (κ1) is 12.9. The summed E-state index contributed by atoms with van der Waals surface area (Å²) in [4.78, 5) is 11.8. The van der Waals surface area contributed by atoms with E-state index in [-0.39, 0.29) is 5.91 Å². The van der Waals surface area contributed by atoms with E-state index < -0.39 is 0 Å². The van der Waals surface area contributed by atoms with Crippen molar-refractivity contribution in [3.63, 3.8) is 0 Å². The van der Waals surface area contributed by atoms with E-state index in [0.29, 0.717) is 12.1 Å². The number of anilines is 2. The predicted molar refractivity (Wildman–Crippen MR) is 75.3 cm³/mol. The third kappa shape index (κ3) is 4.06. The fourth-order valence-corrected chi connectivity index (χ4v) is 2.65. The van der Waals surface area contributed by atoms with Crippen LogP contribution in [0.4, 0.5) is 11.4 Å². The first-order chi connectivity index (χ1) is 8.74. The molecule has 1 fully saturated rings. The van der Waals surface area contributed by atoms with E-state index in [1.165, 1.54) is 32.1 Å². The summed E-state index contributed by atoms with van der Waals surface area (Å²) in [7, 11) is 0. The van der Waals surface area contributed by atoms with Crippen molar-refractivity contribution in [1.29, 1.82) is 0 Å². The van der Waals surface area contributed by atoms with E-state index in [1.54, 1.807) is 6.07 Å². The van der Waals surface area contributed by atoms with Crippen LogP contribution >= 0.6 is 0 Å². The van der Waals surface area contributed by atoms with Gasteiger partial charge in [-0.05, 0) is 30.5 Å². The van der Waals surface area contributed by atoms with Gasteiger partial charge in [-0.1, -0.05) is 38.2 Å². The number of nitrogens with one attached hydrogen (secondary N) is 1. The lowest BCUT2D eigenvalue weighted by Gasteiger charge is -2.21. The fraction of sp³-hybridized carbons (Fsp3) is 0.533. The van der Waals surface area contributed by atoms with Crippen LogP contribution in [0.1, 0.15) is 44.9 Å². The molecule has 0 aliphatic heterocycles. The minimum absolute atomic E-state index is 0.103. The largest absolute Gasteiger partial charge is 0.399 e. The molecule has 0 spiro atoms. The first-order valence-corrected chi connectivity index (χ1v) is 6.89. The third-order valence-corrected chi connectivity index (χ3v) is 3.67. The van der Waals surface area contributed by atoms with Crippen molar-refractivity contribution in [2.24, 2.45) is 5.92 Å². The molecule has 0 atom stereocenters. The van der Waals surface area contributed by atoms with E-state index >= 15 is 0 Å². The number of nitrogen functional groups attached to an aromatic ring is 1. The molecule has 0 unspecified atom stereocenters. The molecule has 3 nitrogen and oxygen atoms in total. The third-order valence-electron chi connectivity index (χ3n) is 3.67. The summed E-state index contributed by atoms with van der Waals surface area (Å²) in [5.74, 6) is 0.858. The zero-order valence-electron chi connectivity index (χ0n) is 10.8. The Labute approximate surface area is 109 Å². The monoisotopic (exact) mass is 246 g/mol. The second kappa shape index (κ2) is 6.43. The van der Waals surface area contributed by atoms with Gasteiger partial charge < -0.3 is 11.1 Å². The average molecular weight is 246 g/mol. The molecule has 3 N–H and O–H groups in total. The Balaban J connectivity index is 1.74. The van der Waals surface area contributed by atoms with Gasteiger partial charge >= 0.3 is 0 Å². The zero-order valence-corrected chi connectivity index (χ0v) is 10.8. The van der Waals surface area contributed by atoms with Crippen LogP contribution in [0.5, 0.6) is 0 Å². The number of carbonyl (C=O) groups is 1. The van der Waals surface area contributed by atoms with Gasteiger partial charge in [-0.15, -0.1) is 0 Å². The highest BCUT2D eigenvalue weighted by Crippen LogP contribution is 2.27. The van der Waals surface area contributed by atoms with Gasteiger partial charge in [-0.25, -0.2) is 0 Å². The van der Waals surface area contributed by atoms with Crippen molar-refractivity contribution in [2.75, 3.05) is 11.1 Å². The van der Waals surface area contributed by atoms with Crippen molar-refractivity contribution in [1.82, 2.24) is 0 Å². The minimum atomic E-state index is 0.103. The molecule has 0 saturated heterocycles. The molecule has 18 heavy (non-hydrogen) atoms. The quantitative estimate of drug-likeness (QED) is 0.798. The molecule has 0 bridgehead atoms. The summed E-state index contributed by atoms with van der Waals surface area (Å²) in [5, 5.41) is 2.90. The van der Waals surface area contributed by atoms with Gasteiger partial charge in [0.15, 0.2) is 0 Å². The highest BCUT2D eigenvalue weighted by atomic mass is 16.1. The van der Waals surface area contributed by atoms with Gasteiger partial charge in [0.2, 0.25) is 5.91 Å². The van der Waals surface area contributed by atoms with Gasteiger partial charge in [0.1, 0.15) is 0 Å². The second-order valence-electron chi connectivity index (χ2n) is 5.22. The maximum atomic E-state index is 11.8. The van der Waals surface area contributed by atoms with E-state index in [1.807, 2.05) is 18.2 Å². The zero-order chi connectivity index (χ0) is 12.8. The molecule has 1 aromatic rings. The molecule has 0 aromatic heterocycles. The summed E-state index contributed by atoms with van der Waals surface area (Å²) in [5.41, 5.74) is 7.15. The SMILES string of the molecule is Nc1cccc(NC(=O)CCC2CCCCC2)c1. The van der Waals surface area contributed by atoms with Crippen LogP contribution in [0, 0.1) is 5.92 Å². The molecule has 1 aromatic carbocycles. The number of hydrogen-bond donors (Lipinski definition) is 2. The summed E-state index contributed by atoms with van der Waals surface area (Å²) in [6.45, 7) is 0. The molecule has 98 valence electrons. The highest BCUT2D eigenvalue weighted by molar-refractivity contribution is 5.91. The first-order valence-electron chi connectivity index (χ1n) is 6.89. The Morgan fingerprint density at radius 1 is 1.28 bits per heavy atom. The molecular weight excluding hydrogens is 224 g/mol. The van der Waals surface area contributed by atoms with Crippen molar-refractivity contribution in [2.45, 2.75) is 44.9 Å². The number of hydrogen-bond acceptors (Lipinski definition) is 2. The second-order valence-corrected chi connectivity index (χ2v) is 5.22. The van der Waals surface area contributed by atoms with E-state index in [9.17, 15) is 4.79 Å². The molecule has 1 amide bonds. The average Bonchev–Trinajstić information content (AvgIpc) is 2.38. The molecule has 0 heterocycles. The Morgan fingerprint density at radius 2 is 2.06 bits per heavy atom. The van der Waals surface area contributed by atoms with Gasteiger partial charge in [-0.3, -0.25) is 4.79 Å². The van der Waals surface area contributed by atoms with E-state index in [4.69, 9.17) is 5.73 Å². The van der Waals surface area contributed by atoms with Gasteiger partial charge in [0, 0.05) is 17.8 Å². The van der Waals surface area contributed by atoms with E-state index in [0.717, 1.165) is 18.0 Å². The standard InChI is InChI=1S/C15H22N2O/c16-13-7-4-8-14(11-13)17-15(18)10-9-12-5-2-1-3-6-12/h4,7-8,11-12H,1-3,5-6,9-10,16H2,(H,17,18).